The highest BCUT2D eigenvalue weighted by Gasteiger charge is 2.12. The number of thioether (sulfide) groups is 1. The summed E-state index contributed by atoms with van der Waals surface area (Å²) in [7, 11) is 0. The normalized spacial score (nSPS) is 11.6. The van der Waals surface area contributed by atoms with Crippen LogP contribution < -0.4 is 0 Å². The topological polar surface area (TPSA) is 37.3 Å². The molecule has 0 spiro atoms. The first kappa shape index (κ1) is 15.7. The number of hydrogen-bond acceptors (Lipinski definition) is 2. The Balaban J connectivity index is 1.97. The van der Waals surface area contributed by atoms with E-state index in [2.05, 4.69) is 0 Å². The molecule has 3 aromatic rings. The molecular weight excluding hydrogens is 328 g/mol. The molecule has 0 aliphatic heterocycles. The smallest absolute Gasteiger partial charge is 0.342 e. The van der Waals surface area contributed by atoms with Crippen LogP contribution in [0.5, 0.6) is 0 Å². The van der Waals surface area contributed by atoms with Crippen LogP contribution in [0.4, 0.5) is 0 Å². The summed E-state index contributed by atoms with van der Waals surface area (Å²) in [6, 6.07) is 21.1. The van der Waals surface area contributed by atoms with Crippen LogP contribution in [0.2, 0.25) is 5.02 Å². The van der Waals surface area contributed by atoms with E-state index in [1.165, 1.54) is 0 Å². The summed E-state index contributed by atoms with van der Waals surface area (Å²) in [5.41, 5.74) is 0.848. The third-order valence-corrected chi connectivity index (χ3v) is 4.87. The van der Waals surface area contributed by atoms with Gasteiger partial charge in [-0.2, -0.15) is 0 Å². The van der Waals surface area contributed by atoms with Gasteiger partial charge in [-0.05, 0) is 40.6 Å². The number of fused-ring (bicyclic) bond motifs is 1. The van der Waals surface area contributed by atoms with Crippen molar-refractivity contribution in [2.45, 2.75) is 4.90 Å². The van der Waals surface area contributed by atoms with Gasteiger partial charge in [-0.15, -0.1) is 0 Å². The van der Waals surface area contributed by atoms with Crippen molar-refractivity contribution in [3.05, 3.63) is 82.2 Å². The van der Waals surface area contributed by atoms with Crippen molar-refractivity contribution in [3.63, 3.8) is 0 Å². The standard InChI is InChI=1S/C19H13ClO2S/c20-16-7-3-4-8-17(16)23-18(19(21)22)12-13-9-10-14-5-1-2-6-15(14)11-13/h1-12H,(H,21,22)/b18-12-. The Morgan fingerprint density at radius 1 is 0.957 bits per heavy atom. The van der Waals surface area contributed by atoms with E-state index < -0.39 is 5.97 Å². The van der Waals surface area contributed by atoms with Crippen LogP contribution in [0.1, 0.15) is 5.56 Å². The van der Waals surface area contributed by atoms with Crippen molar-refractivity contribution >= 4 is 46.2 Å². The van der Waals surface area contributed by atoms with E-state index >= 15 is 0 Å². The summed E-state index contributed by atoms with van der Waals surface area (Å²) < 4.78 is 0. The minimum Gasteiger partial charge on any atom is -0.477 e. The summed E-state index contributed by atoms with van der Waals surface area (Å²) in [5.74, 6) is -0.969. The van der Waals surface area contributed by atoms with Gasteiger partial charge in [0.15, 0.2) is 0 Å². The molecule has 0 saturated heterocycles. The van der Waals surface area contributed by atoms with E-state index in [1.54, 1.807) is 12.1 Å². The SMILES string of the molecule is O=C(O)/C(=C/c1ccc2ccccc2c1)Sc1ccccc1Cl. The van der Waals surface area contributed by atoms with E-state index in [9.17, 15) is 9.90 Å². The first-order chi connectivity index (χ1) is 11.1. The number of carboxylic acid groups (broad SMARTS) is 1. The zero-order valence-corrected chi connectivity index (χ0v) is 13.6. The zero-order valence-electron chi connectivity index (χ0n) is 12.1. The first-order valence-corrected chi connectivity index (χ1v) is 8.19. The second kappa shape index (κ2) is 6.90. The van der Waals surface area contributed by atoms with E-state index in [1.807, 2.05) is 60.7 Å². The molecule has 23 heavy (non-hydrogen) atoms. The quantitative estimate of drug-likeness (QED) is 0.488. The predicted octanol–water partition coefficient (Wildman–Crippen LogP) is 5.71. The second-order valence-electron chi connectivity index (χ2n) is 4.95. The minimum atomic E-state index is -0.969. The molecule has 0 saturated carbocycles. The van der Waals surface area contributed by atoms with Gasteiger partial charge >= 0.3 is 5.97 Å². The Bertz CT molecular complexity index is 903. The molecule has 0 aliphatic rings. The largest absolute Gasteiger partial charge is 0.477 e. The highest BCUT2D eigenvalue weighted by atomic mass is 35.5. The fourth-order valence-corrected chi connectivity index (χ4v) is 3.31. The lowest BCUT2D eigenvalue weighted by Gasteiger charge is -2.05. The van der Waals surface area contributed by atoms with Crippen molar-refractivity contribution in [1.29, 1.82) is 0 Å². The van der Waals surface area contributed by atoms with Gasteiger partial charge in [-0.1, -0.05) is 71.9 Å². The Morgan fingerprint density at radius 3 is 2.39 bits per heavy atom. The maximum Gasteiger partial charge on any atom is 0.342 e. The van der Waals surface area contributed by atoms with E-state index in [0.29, 0.717) is 5.02 Å². The van der Waals surface area contributed by atoms with Crippen LogP contribution in [-0.2, 0) is 4.79 Å². The van der Waals surface area contributed by atoms with Gasteiger partial charge in [-0.3, -0.25) is 0 Å². The summed E-state index contributed by atoms with van der Waals surface area (Å²) >= 11 is 7.27. The van der Waals surface area contributed by atoms with Crippen molar-refractivity contribution in [1.82, 2.24) is 0 Å². The van der Waals surface area contributed by atoms with Crippen LogP contribution >= 0.6 is 23.4 Å². The van der Waals surface area contributed by atoms with Crippen molar-refractivity contribution < 1.29 is 9.90 Å². The molecule has 0 heterocycles. The maximum absolute atomic E-state index is 11.6. The number of benzene rings is 3. The average Bonchev–Trinajstić information content (AvgIpc) is 2.56. The lowest BCUT2D eigenvalue weighted by atomic mass is 10.1. The molecule has 114 valence electrons. The summed E-state index contributed by atoms with van der Waals surface area (Å²) in [5, 5.41) is 12.2. The summed E-state index contributed by atoms with van der Waals surface area (Å²) in [4.78, 5) is 12.5. The lowest BCUT2D eigenvalue weighted by Crippen LogP contribution is -1.96. The first-order valence-electron chi connectivity index (χ1n) is 7.00. The van der Waals surface area contributed by atoms with Crippen molar-refractivity contribution in [3.8, 4) is 0 Å². The third kappa shape index (κ3) is 3.76. The van der Waals surface area contributed by atoms with Crippen LogP contribution in [0.25, 0.3) is 16.8 Å². The number of rotatable bonds is 4. The van der Waals surface area contributed by atoms with Gasteiger partial charge in [0.25, 0.3) is 0 Å². The van der Waals surface area contributed by atoms with Gasteiger partial charge in [0.1, 0.15) is 0 Å². The summed E-state index contributed by atoms with van der Waals surface area (Å²) in [6.07, 6.45) is 1.67. The minimum absolute atomic E-state index is 0.230. The third-order valence-electron chi connectivity index (χ3n) is 3.34. The van der Waals surface area contributed by atoms with Crippen molar-refractivity contribution in [2.75, 3.05) is 0 Å². The van der Waals surface area contributed by atoms with Crippen LogP contribution in [0.15, 0.2) is 76.5 Å². The molecule has 2 nitrogen and oxygen atoms in total. The highest BCUT2D eigenvalue weighted by molar-refractivity contribution is 8.04. The van der Waals surface area contributed by atoms with Crippen molar-refractivity contribution in [2.24, 2.45) is 0 Å². The van der Waals surface area contributed by atoms with Gasteiger partial charge in [0, 0.05) is 4.90 Å². The van der Waals surface area contributed by atoms with E-state index in [0.717, 1.165) is 33.0 Å². The van der Waals surface area contributed by atoms with E-state index in [-0.39, 0.29) is 4.91 Å². The van der Waals surface area contributed by atoms with Gasteiger partial charge < -0.3 is 5.11 Å². The van der Waals surface area contributed by atoms with Gasteiger partial charge in [0.2, 0.25) is 0 Å². The Labute approximate surface area is 143 Å². The molecule has 0 fully saturated rings. The summed E-state index contributed by atoms with van der Waals surface area (Å²) in [6.45, 7) is 0. The average molecular weight is 341 g/mol. The predicted molar refractivity (Wildman–Crippen MR) is 96.9 cm³/mol. The zero-order chi connectivity index (χ0) is 16.2. The number of aliphatic carboxylic acids is 1. The molecule has 0 aliphatic carbocycles. The number of carboxylic acids is 1. The molecule has 0 amide bonds. The molecule has 1 N–H and O–H groups in total. The molecular formula is C19H13ClO2S. The van der Waals surface area contributed by atoms with Crippen LogP contribution in [-0.4, -0.2) is 11.1 Å². The highest BCUT2D eigenvalue weighted by Crippen LogP contribution is 2.33. The Morgan fingerprint density at radius 2 is 1.65 bits per heavy atom. The van der Waals surface area contributed by atoms with Gasteiger partial charge in [-0.25, -0.2) is 4.79 Å². The number of carbonyl (C=O) groups is 1. The molecule has 0 unspecified atom stereocenters. The van der Waals surface area contributed by atoms with Gasteiger partial charge in [0.05, 0.1) is 9.93 Å². The lowest BCUT2D eigenvalue weighted by molar-refractivity contribution is -0.131. The Hall–Kier alpha value is -2.23. The molecule has 0 atom stereocenters. The van der Waals surface area contributed by atoms with Crippen LogP contribution in [0, 0.1) is 0 Å². The molecule has 0 radical (unpaired) electrons. The fourth-order valence-electron chi connectivity index (χ4n) is 2.23. The number of halogens is 1. The molecule has 4 heteroatoms. The maximum atomic E-state index is 11.6. The second-order valence-corrected chi connectivity index (χ2v) is 6.44. The fraction of sp³-hybridized carbons (Fsp3) is 0. The molecule has 3 aromatic carbocycles. The van der Waals surface area contributed by atoms with E-state index in [4.69, 9.17) is 11.6 Å². The Kier molecular flexibility index (Phi) is 4.70. The monoisotopic (exact) mass is 340 g/mol. The number of hydrogen-bond donors (Lipinski definition) is 1. The molecule has 3 rings (SSSR count). The van der Waals surface area contributed by atoms with Crippen LogP contribution in [0.3, 0.4) is 0 Å². The molecule has 0 aromatic heterocycles. The molecule has 0 bridgehead atoms.